The predicted molar refractivity (Wildman–Crippen MR) is 105 cm³/mol. The van der Waals surface area contributed by atoms with E-state index in [0.29, 0.717) is 17.3 Å². The van der Waals surface area contributed by atoms with Crippen molar-refractivity contribution in [1.29, 1.82) is 0 Å². The van der Waals surface area contributed by atoms with E-state index in [2.05, 4.69) is 48.5 Å². The SMILES string of the molecule is CCC(C)c1ccc(C(CC)NC(=O)Cn2nc(C)c([N+](=O)[O-])c2C)cc1. The standard InChI is InChI=1S/C20H28N4O3/c1-6-13(3)16-8-10-17(11-9-16)18(7-2)21-19(25)12-23-15(5)20(24(26)27)14(4)22-23/h8-11,13,18H,6-7,12H2,1-5H3,(H,21,25). The molecular weight excluding hydrogens is 344 g/mol. The third kappa shape index (κ3) is 4.72. The number of carbonyl (C=O) groups is 1. The van der Waals surface area contributed by atoms with Crippen LogP contribution in [0.2, 0.25) is 0 Å². The summed E-state index contributed by atoms with van der Waals surface area (Å²) >= 11 is 0. The Hall–Kier alpha value is -2.70. The number of carbonyl (C=O) groups excluding carboxylic acids is 1. The summed E-state index contributed by atoms with van der Waals surface area (Å²) in [6.07, 6.45) is 1.84. The van der Waals surface area contributed by atoms with Gasteiger partial charge in [0.15, 0.2) is 0 Å². The molecule has 0 saturated carbocycles. The molecule has 0 radical (unpaired) electrons. The number of nitrogens with zero attached hydrogens (tertiary/aromatic N) is 3. The second-order valence-corrected chi connectivity index (χ2v) is 6.94. The topological polar surface area (TPSA) is 90.1 Å². The Labute approximate surface area is 159 Å². The summed E-state index contributed by atoms with van der Waals surface area (Å²) in [4.78, 5) is 23.1. The summed E-state index contributed by atoms with van der Waals surface area (Å²) in [5.74, 6) is 0.295. The van der Waals surface area contributed by atoms with Crippen molar-refractivity contribution in [3.63, 3.8) is 0 Å². The van der Waals surface area contributed by atoms with Crippen LogP contribution < -0.4 is 5.32 Å². The number of hydrogen-bond donors (Lipinski definition) is 1. The van der Waals surface area contributed by atoms with Crippen LogP contribution in [0.5, 0.6) is 0 Å². The molecule has 0 aliphatic heterocycles. The molecule has 2 unspecified atom stereocenters. The molecule has 1 amide bonds. The second-order valence-electron chi connectivity index (χ2n) is 6.94. The van der Waals surface area contributed by atoms with Crippen molar-refractivity contribution in [3.05, 3.63) is 56.9 Å². The predicted octanol–water partition coefficient (Wildman–Crippen LogP) is 4.19. The third-order valence-electron chi connectivity index (χ3n) is 5.08. The Bertz CT molecular complexity index is 811. The van der Waals surface area contributed by atoms with Gasteiger partial charge in [0.2, 0.25) is 5.91 Å². The van der Waals surface area contributed by atoms with Crippen molar-refractivity contribution < 1.29 is 9.72 Å². The molecule has 0 aliphatic carbocycles. The second kappa shape index (κ2) is 8.79. The molecule has 1 N–H and O–H groups in total. The fourth-order valence-electron chi connectivity index (χ4n) is 3.20. The molecule has 0 saturated heterocycles. The number of nitrogens with one attached hydrogen (secondary N) is 1. The van der Waals surface area contributed by atoms with Crippen LogP contribution in [0.4, 0.5) is 5.69 Å². The highest BCUT2D eigenvalue weighted by Crippen LogP contribution is 2.24. The number of hydrogen-bond acceptors (Lipinski definition) is 4. The van der Waals surface area contributed by atoms with Gasteiger partial charge < -0.3 is 5.32 Å². The molecule has 0 fully saturated rings. The van der Waals surface area contributed by atoms with Gasteiger partial charge in [0.05, 0.1) is 11.0 Å². The van der Waals surface area contributed by atoms with Crippen molar-refractivity contribution in [3.8, 4) is 0 Å². The normalized spacial score (nSPS) is 13.2. The molecule has 1 aromatic carbocycles. The summed E-state index contributed by atoms with van der Waals surface area (Å²) in [6, 6.07) is 8.25. The number of aryl methyl sites for hydroxylation is 1. The maximum absolute atomic E-state index is 12.5. The molecule has 0 spiro atoms. The highest BCUT2D eigenvalue weighted by Gasteiger charge is 2.23. The van der Waals surface area contributed by atoms with Gasteiger partial charge in [0.1, 0.15) is 17.9 Å². The van der Waals surface area contributed by atoms with Crippen molar-refractivity contribution in [2.45, 2.75) is 66.0 Å². The van der Waals surface area contributed by atoms with E-state index in [0.717, 1.165) is 18.4 Å². The van der Waals surface area contributed by atoms with Crippen molar-refractivity contribution >= 4 is 11.6 Å². The Morgan fingerprint density at radius 2 is 1.78 bits per heavy atom. The zero-order valence-corrected chi connectivity index (χ0v) is 16.7. The van der Waals surface area contributed by atoms with Gasteiger partial charge in [-0.1, -0.05) is 45.0 Å². The van der Waals surface area contributed by atoms with Gasteiger partial charge in [0, 0.05) is 0 Å². The Balaban J connectivity index is 2.09. The van der Waals surface area contributed by atoms with E-state index < -0.39 is 4.92 Å². The molecule has 0 aliphatic rings. The van der Waals surface area contributed by atoms with Gasteiger partial charge in [-0.05, 0) is 43.7 Å². The van der Waals surface area contributed by atoms with Gasteiger partial charge in [-0.25, -0.2) is 0 Å². The molecule has 1 heterocycles. The maximum atomic E-state index is 12.5. The third-order valence-corrected chi connectivity index (χ3v) is 5.08. The molecule has 2 aromatic rings. The number of rotatable bonds is 8. The summed E-state index contributed by atoms with van der Waals surface area (Å²) in [5, 5.41) is 18.2. The van der Waals surface area contributed by atoms with Crippen molar-refractivity contribution in [2.75, 3.05) is 0 Å². The molecule has 1 aromatic heterocycles. The molecule has 146 valence electrons. The van der Waals surface area contributed by atoms with E-state index in [-0.39, 0.29) is 24.2 Å². The van der Waals surface area contributed by atoms with Gasteiger partial charge in [0.25, 0.3) is 0 Å². The first-order chi connectivity index (χ1) is 12.8. The average Bonchev–Trinajstić information content (AvgIpc) is 2.92. The molecule has 0 bridgehead atoms. The number of aromatic nitrogens is 2. The summed E-state index contributed by atoms with van der Waals surface area (Å²) < 4.78 is 1.39. The van der Waals surface area contributed by atoms with Crippen LogP contribution in [-0.2, 0) is 11.3 Å². The highest BCUT2D eigenvalue weighted by molar-refractivity contribution is 5.76. The zero-order chi connectivity index (χ0) is 20.1. The number of nitro groups is 1. The Morgan fingerprint density at radius 1 is 1.19 bits per heavy atom. The lowest BCUT2D eigenvalue weighted by atomic mass is 9.95. The molecule has 7 heteroatoms. The van der Waals surface area contributed by atoms with Crippen LogP contribution >= 0.6 is 0 Å². The number of amides is 1. The van der Waals surface area contributed by atoms with Crippen molar-refractivity contribution in [1.82, 2.24) is 15.1 Å². The van der Waals surface area contributed by atoms with E-state index in [1.165, 1.54) is 10.2 Å². The largest absolute Gasteiger partial charge is 0.348 e. The summed E-state index contributed by atoms with van der Waals surface area (Å²) in [5.41, 5.74) is 3.02. The fourth-order valence-corrected chi connectivity index (χ4v) is 3.20. The molecule has 2 atom stereocenters. The van der Waals surface area contributed by atoms with Gasteiger partial charge >= 0.3 is 5.69 Å². The van der Waals surface area contributed by atoms with Crippen LogP contribution in [0.1, 0.15) is 68.1 Å². The van der Waals surface area contributed by atoms with E-state index in [4.69, 9.17) is 0 Å². The van der Waals surface area contributed by atoms with Crippen LogP contribution in [0.25, 0.3) is 0 Å². The zero-order valence-electron chi connectivity index (χ0n) is 16.7. The summed E-state index contributed by atoms with van der Waals surface area (Å²) in [6.45, 7) is 9.52. The van der Waals surface area contributed by atoms with Gasteiger partial charge in [-0.3, -0.25) is 19.6 Å². The average molecular weight is 372 g/mol. The minimum atomic E-state index is -0.459. The van der Waals surface area contributed by atoms with Crippen LogP contribution in [0, 0.1) is 24.0 Å². The van der Waals surface area contributed by atoms with Crippen LogP contribution in [-0.4, -0.2) is 20.6 Å². The van der Waals surface area contributed by atoms with Crippen LogP contribution in [0.3, 0.4) is 0 Å². The maximum Gasteiger partial charge on any atom is 0.312 e. The minimum absolute atomic E-state index is 0.0320. The lowest BCUT2D eigenvalue weighted by Crippen LogP contribution is -2.32. The Morgan fingerprint density at radius 3 is 2.26 bits per heavy atom. The van der Waals surface area contributed by atoms with E-state index in [1.807, 2.05) is 6.92 Å². The first kappa shape index (κ1) is 20.6. The first-order valence-electron chi connectivity index (χ1n) is 9.36. The quantitative estimate of drug-likeness (QED) is 0.556. The molecule has 2 rings (SSSR count). The minimum Gasteiger partial charge on any atom is -0.348 e. The summed E-state index contributed by atoms with van der Waals surface area (Å²) in [7, 11) is 0. The Kier molecular flexibility index (Phi) is 6.71. The van der Waals surface area contributed by atoms with E-state index >= 15 is 0 Å². The highest BCUT2D eigenvalue weighted by atomic mass is 16.6. The molecular formula is C20H28N4O3. The smallest absolute Gasteiger partial charge is 0.312 e. The van der Waals surface area contributed by atoms with Crippen molar-refractivity contribution in [2.24, 2.45) is 0 Å². The fraction of sp³-hybridized carbons (Fsp3) is 0.500. The number of benzene rings is 1. The van der Waals surface area contributed by atoms with Gasteiger partial charge in [-0.15, -0.1) is 0 Å². The molecule has 27 heavy (non-hydrogen) atoms. The van der Waals surface area contributed by atoms with Crippen LogP contribution in [0.15, 0.2) is 24.3 Å². The molecule has 7 nitrogen and oxygen atoms in total. The first-order valence-corrected chi connectivity index (χ1v) is 9.36. The lowest BCUT2D eigenvalue weighted by molar-refractivity contribution is -0.386. The lowest BCUT2D eigenvalue weighted by Gasteiger charge is -2.19. The monoisotopic (exact) mass is 372 g/mol. The van der Waals surface area contributed by atoms with E-state index in [1.54, 1.807) is 13.8 Å². The van der Waals surface area contributed by atoms with E-state index in [9.17, 15) is 14.9 Å². The van der Waals surface area contributed by atoms with Gasteiger partial charge in [-0.2, -0.15) is 5.10 Å².